The number of ether oxygens (including phenoxy) is 2. The predicted molar refractivity (Wildman–Crippen MR) is 62.0 cm³/mol. The lowest BCUT2D eigenvalue weighted by atomic mass is 10.1. The van der Waals surface area contributed by atoms with Crippen molar-refractivity contribution in [2.75, 3.05) is 20.3 Å². The molecule has 0 aromatic heterocycles. The van der Waals surface area contributed by atoms with Crippen molar-refractivity contribution >= 4 is 11.6 Å². The van der Waals surface area contributed by atoms with Gasteiger partial charge >= 0.3 is 0 Å². The van der Waals surface area contributed by atoms with Crippen LogP contribution < -0.4 is 15.2 Å². The van der Waals surface area contributed by atoms with E-state index in [4.69, 9.17) is 26.8 Å². The van der Waals surface area contributed by atoms with E-state index in [0.29, 0.717) is 29.7 Å². The lowest BCUT2D eigenvalue weighted by Gasteiger charge is -2.15. The molecule has 0 aliphatic rings. The van der Waals surface area contributed by atoms with Gasteiger partial charge in [-0.05, 0) is 25.5 Å². The Hall–Kier alpha value is -0.930. The first-order valence-electron chi connectivity index (χ1n) is 4.78. The van der Waals surface area contributed by atoms with E-state index >= 15 is 0 Å². The molecule has 84 valence electrons. The normalized spacial score (nSPS) is 10.2. The molecule has 0 radical (unpaired) electrons. The standard InChI is InChI=1S/C11H16ClNO2/c1-7-6-9(14-3)11(15-5-4-13)8(2)10(7)12/h6H,4-5,13H2,1-3H3. The lowest BCUT2D eigenvalue weighted by Crippen LogP contribution is -2.12. The molecule has 4 heteroatoms. The minimum atomic E-state index is 0.455. The van der Waals surface area contributed by atoms with Crippen molar-refractivity contribution in [3.63, 3.8) is 0 Å². The molecule has 1 aromatic rings. The molecule has 0 saturated heterocycles. The third-order valence-electron chi connectivity index (χ3n) is 2.17. The van der Waals surface area contributed by atoms with Gasteiger partial charge in [0.2, 0.25) is 0 Å². The van der Waals surface area contributed by atoms with E-state index in [1.54, 1.807) is 7.11 Å². The number of hydrogen-bond donors (Lipinski definition) is 1. The summed E-state index contributed by atoms with van der Waals surface area (Å²) in [6.07, 6.45) is 0. The Labute approximate surface area is 95.1 Å². The molecule has 0 spiro atoms. The van der Waals surface area contributed by atoms with Gasteiger partial charge in [-0.3, -0.25) is 0 Å². The first-order chi connectivity index (χ1) is 7.11. The summed E-state index contributed by atoms with van der Waals surface area (Å²) in [6, 6.07) is 1.86. The van der Waals surface area contributed by atoms with E-state index in [9.17, 15) is 0 Å². The van der Waals surface area contributed by atoms with Gasteiger partial charge < -0.3 is 15.2 Å². The Bertz CT molecular complexity index is 353. The van der Waals surface area contributed by atoms with Crippen LogP contribution in [0.5, 0.6) is 11.5 Å². The Kier molecular flexibility index (Phi) is 4.24. The largest absolute Gasteiger partial charge is 0.493 e. The highest BCUT2D eigenvalue weighted by Gasteiger charge is 2.13. The van der Waals surface area contributed by atoms with Crippen molar-refractivity contribution < 1.29 is 9.47 Å². The Balaban J connectivity index is 3.15. The highest BCUT2D eigenvalue weighted by molar-refractivity contribution is 6.32. The quantitative estimate of drug-likeness (QED) is 0.862. The van der Waals surface area contributed by atoms with E-state index in [0.717, 1.165) is 11.1 Å². The zero-order chi connectivity index (χ0) is 11.4. The molecule has 2 N–H and O–H groups in total. The van der Waals surface area contributed by atoms with Crippen LogP contribution in [0.25, 0.3) is 0 Å². The number of hydrogen-bond acceptors (Lipinski definition) is 3. The fourth-order valence-electron chi connectivity index (χ4n) is 1.40. The molecule has 0 aliphatic carbocycles. The monoisotopic (exact) mass is 229 g/mol. The smallest absolute Gasteiger partial charge is 0.165 e. The average molecular weight is 230 g/mol. The van der Waals surface area contributed by atoms with Crippen LogP contribution in [-0.2, 0) is 0 Å². The van der Waals surface area contributed by atoms with Crippen molar-refractivity contribution in [1.29, 1.82) is 0 Å². The minimum absolute atomic E-state index is 0.455. The van der Waals surface area contributed by atoms with Gasteiger partial charge in [0, 0.05) is 12.1 Å². The summed E-state index contributed by atoms with van der Waals surface area (Å²) in [5.41, 5.74) is 7.26. The Morgan fingerprint density at radius 2 is 2.07 bits per heavy atom. The minimum Gasteiger partial charge on any atom is -0.493 e. The van der Waals surface area contributed by atoms with Crippen LogP contribution in [0.4, 0.5) is 0 Å². The molecule has 0 amide bonds. The van der Waals surface area contributed by atoms with E-state index in [1.165, 1.54) is 0 Å². The second kappa shape index (κ2) is 5.24. The van der Waals surface area contributed by atoms with Gasteiger partial charge in [0.25, 0.3) is 0 Å². The molecule has 0 unspecified atom stereocenters. The van der Waals surface area contributed by atoms with E-state index in [2.05, 4.69) is 0 Å². The number of halogens is 1. The number of aryl methyl sites for hydroxylation is 1. The van der Waals surface area contributed by atoms with Gasteiger partial charge in [0.05, 0.1) is 12.1 Å². The number of rotatable bonds is 4. The van der Waals surface area contributed by atoms with Gasteiger partial charge in [-0.1, -0.05) is 11.6 Å². The molecule has 0 saturated carbocycles. The van der Waals surface area contributed by atoms with Gasteiger partial charge in [-0.25, -0.2) is 0 Å². The Morgan fingerprint density at radius 3 is 2.60 bits per heavy atom. The van der Waals surface area contributed by atoms with E-state index in [-0.39, 0.29) is 0 Å². The van der Waals surface area contributed by atoms with E-state index < -0.39 is 0 Å². The highest BCUT2D eigenvalue weighted by Crippen LogP contribution is 2.37. The fourth-order valence-corrected chi connectivity index (χ4v) is 1.54. The van der Waals surface area contributed by atoms with Crippen LogP contribution in [0, 0.1) is 13.8 Å². The summed E-state index contributed by atoms with van der Waals surface area (Å²) in [5, 5.41) is 0.711. The van der Waals surface area contributed by atoms with Crippen molar-refractivity contribution in [2.45, 2.75) is 13.8 Å². The zero-order valence-corrected chi connectivity index (χ0v) is 10.0. The fraction of sp³-hybridized carbons (Fsp3) is 0.455. The average Bonchev–Trinajstić information content (AvgIpc) is 2.24. The summed E-state index contributed by atoms with van der Waals surface area (Å²) < 4.78 is 10.7. The van der Waals surface area contributed by atoms with Crippen molar-refractivity contribution in [3.8, 4) is 11.5 Å². The van der Waals surface area contributed by atoms with Crippen LogP contribution in [0.15, 0.2) is 6.07 Å². The number of nitrogens with two attached hydrogens (primary N) is 1. The van der Waals surface area contributed by atoms with Gasteiger partial charge in [0.15, 0.2) is 11.5 Å². The molecule has 1 aromatic carbocycles. The summed E-state index contributed by atoms with van der Waals surface area (Å²) in [4.78, 5) is 0. The third-order valence-corrected chi connectivity index (χ3v) is 2.75. The van der Waals surface area contributed by atoms with Crippen LogP contribution in [0.2, 0.25) is 5.02 Å². The summed E-state index contributed by atoms with van der Waals surface area (Å²) in [5.74, 6) is 1.38. The maximum atomic E-state index is 6.12. The Morgan fingerprint density at radius 1 is 1.40 bits per heavy atom. The second-order valence-electron chi connectivity index (χ2n) is 3.30. The highest BCUT2D eigenvalue weighted by atomic mass is 35.5. The van der Waals surface area contributed by atoms with Gasteiger partial charge in [-0.2, -0.15) is 0 Å². The molecular weight excluding hydrogens is 214 g/mol. The third kappa shape index (κ3) is 2.55. The number of benzene rings is 1. The molecule has 0 bridgehead atoms. The first-order valence-corrected chi connectivity index (χ1v) is 5.16. The second-order valence-corrected chi connectivity index (χ2v) is 3.68. The zero-order valence-electron chi connectivity index (χ0n) is 9.26. The summed E-state index contributed by atoms with van der Waals surface area (Å²) in [6.45, 7) is 4.76. The SMILES string of the molecule is COc1cc(C)c(Cl)c(C)c1OCCN. The number of methoxy groups -OCH3 is 1. The molecule has 0 heterocycles. The van der Waals surface area contributed by atoms with Crippen molar-refractivity contribution in [2.24, 2.45) is 5.73 Å². The van der Waals surface area contributed by atoms with Gasteiger partial charge in [0.1, 0.15) is 6.61 Å². The molecule has 0 fully saturated rings. The van der Waals surface area contributed by atoms with Crippen LogP contribution in [0.3, 0.4) is 0 Å². The van der Waals surface area contributed by atoms with Crippen LogP contribution in [-0.4, -0.2) is 20.3 Å². The van der Waals surface area contributed by atoms with Crippen LogP contribution >= 0.6 is 11.6 Å². The van der Waals surface area contributed by atoms with Gasteiger partial charge in [-0.15, -0.1) is 0 Å². The molecule has 0 atom stereocenters. The molecule has 1 rings (SSSR count). The lowest BCUT2D eigenvalue weighted by molar-refractivity contribution is 0.300. The molecule has 0 aliphatic heterocycles. The van der Waals surface area contributed by atoms with Crippen LogP contribution in [0.1, 0.15) is 11.1 Å². The summed E-state index contributed by atoms with van der Waals surface area (Å²) >= 11 is 6.12. The predicted octanol–water partition coefficient (Wildman–Crippen LogP) is 2.30. The van der Waals surface area contributed by atoms with E-state index in [1.807, 2.05) is 19.9 Å². The summed E-state index contributed by atoms with van der Waals surface area (Å²) in [7, 11) is 1.61. The molecule has 3 nitrogen and oxygen atoms in total. The molecular formula is C11H16ClNO2. The maximum Gasteiger partial charge on any atom is 0.165 e. The molecule has 15 heavy (non-hydrogen) atoms. The van der Waals surface area contributed by atoms with Crippen molar-refractivity contribution in [1.82, 2.24) is 0 Å². The topological polar surface area (TPSA) is 44.5 Å². The maximum absolute atomic E-state index is 6.12. The van der Waals surface area contributed by atoms with Crippen molar-refractivity contribution in [3.05, 3.63) is 22.2 Å². The first kappa shape index (κ1) is 12.1.